The molecule has 8 rings (SSSR count). The van der Waals surface area contributed by atoms with Gasteiger partial charge in [-0.15, -0.1) is 0 Å². The van der Waals surface area contributed by atoms with Crippen molar-refractivity contribution in [3.63, 3.8) is 0 Å². The number of halogens is 3. The number of nitrogens with two attached hydrogens (primary N) is 1. The van der Waals surface area contributed by atoms with Crippen LogP contribution < -0.4 is 5.73 Å². The number of rotatable bonds is 6. The van der Waals surface area contributed by atoms with Crippen LogP contribution in [0.1, 0.15) is 48.2 Å². The molecule has 0 unspecified atom stereocenters. The van der Waals surface area contributed by atoms with Crippen LogP contribution in [0.25, 0.3) is 11.3 Å². The summed E-state index contributed by atoms with van der Waals surface area (Å²) >= 11 is 12.6. The third-order valence-electron chi connectivity index (χ3n) is 8.14. The number of fused-ring (bicyclic) bond motifs is 2. The van der Waals surface area contributed by atoms with Crippen molar-refractivity contribution >= 4 is 60.6 Å². The van der Waals surface area contributed by atoms with E-state index in [-0.39, 0.29) is 0 Å². The molecule has 0 bridgehead atoms. The summed E-state index contributed by atoms with van der Waals surface area (Å²) in [5, 5.41) is 0.594. The summed E-state index contributed by atoms with van der Waals surface area (Å²) in [5.74, 6) is 0.545. The summed E-state index contributed by atoms with van der Waals surface area (Å²) in [6.45, 7) is 6.94. The van der Waals surface area contributed by atoms with Gasteiger partial charge >= 0.3 is 0 Å². The Morgan fingerprint density at radius 1 is 0.638 bits per heavy atom. The van der Waals surface area contributed by atoms with Crippen LogP contribution >= 0.6 is 43.5 Å². The summed E-state index contributed by atoms with van der Waals surface area (Å²) in [5.41, 5.74) is 12.1. The molecular formula is C35H38Br2ClN9. The van der Waals surface area contributed by atoms with Gasteiger partial charge in [0, 0.05) is 65.1 Å². The highest BCUT2D eigenvalue weighted by Gasteiger charge is 2.13. The Bertz CT molecular complexity index is 1910. The maximum Gasteiger partial charge on any atom is 0.142 e. The fourth-order valence-electron chi connectivity index (χ4n) is 5.93. The van der Waals surface area contributed by atoms with Crippen molar-refractivity contribution in [3.8, 4) is 0 Å². The first-order valence-corrected chi connectivity index (χ1v) is 17.8. The first-order valence-electron chi connectivity index (χ1n) is 15.9. The van der Waals surface area contributed by atoms with E-state index in [4.69, 9.17) is 17.3 Å². The van der Waals surface area contributed by atoms with E-state index in [2.05, 4.69) is 79.9 Å². The highest BCUT2D eigenvalue weighted by molar-refractivity contribution is 9.10. The van der Waals surface area contributed by atoms with Gasteiger partial charge in [0.15, 0.2) is 0 Å². The number of aromatic nitrogens is 6. The lowest BCUT2D eigenvalue weighted by Crippen LogP contribution is -2.18. The van der Waals surface area contributed by atoms with Gasteiger partial charge in [-0.2, -0.15) is 0 Å². The van der Waals surface area contributed by atoms with Crippen LogP contribution in [0.3, 0.4) is 0 Å². The molecule has 6 aromatic heterocycles. The van der Waals surface area contributed by atoms with Gasteiger partial charge in [0.05, 0.1) is 11.9 Å². The van der Waals surface area contributed by atoms with Gasteiger partial charge in [0.1, 0.15) is 22.3 Å². The van der Waals surface area contributed by atoms with Crippen LogP contribution in [0.2, 0.25) is 5.15 Å². The standard InChI is InChI=1S/C18H19BrN4.C10H13ClN2.C7H6BrN3/c19-15-3-4-18-21-17(13-23(18)12-15)10-16-9-14(5-6-20-16)11-22-7-1-2-8-22;11-10-7-9(3-4-12-10)8-13-5-1-2-6-13;8-5-1-2-7-10-6(9)4-11(7)3-5/h3-6,9,12-13H,1-2,7-8,10-11H2;3-4,7H,1-2,5-6,8H2;1-4H,9H2. The van der Waals surface area contributed by atoms with Gasteiger partial charge in [-0.25, -0.2) is 15.0 Å². The Morgan fingerprint density at radius 3 is 1.81 bits per heavy atom. The lowest BCUT2D eigenvalue weighted by molar-refractivity contribution is 0.331. The molecule has 6 aromatic rings. The summed E-state index contributed by atoms with van der Waals surface area (Å²) in [6.07, 6.45) is 17.6. The largest absolute Gasteiger partial charge is 0.382 e. The Hall–Kier alpha value is -3.35. The molecular weight excluding hydrogens is 742 g/mol. The molecule has 0 amide bonds. The van der Waals surface area contributed by atoms with Gasteiger partial charge in [-0.1, -0.05) is 11.6 Å². The summed E-state index contributed by atoms with van der Waals surface area (Å²) in [4.78, 5) is 22.2. The van der Waals surface area contributed by atoms with Crippen LogP contribution in [0.4, 0.5) is 5.82 Å². The van der Waals surface area contributed by atoms with Gasteiger partial charge in [0.2, 0.25) is 0 Å². The molecule has 47 heavy (non-hydrogen) atoms. The average molecular weight is 780 g/mol. The number of anilines is 1. The lowest BCUT2D eigenvalue weighted by Gasteiger charge is -2.14. The molecule has 0 spiro atoms. The molecule has 12 heteroatoms. The van der Waals surface area contributed by atoms with Gasteiger partial charge in [0.25, 0.3) is 0 Å². The van der Waals surface area contributed by atoms with Gasteiger partial charge in [-0.3, -0.25) is 14.8 Å². The van der Waals surface area contributed by atoms with Crippen molar-refractivity contribution in [1.29, 1.82) is 0 Å². The topological polar surface area (TPSA) is 92.9 Å². The molecule has 2 aliphatic rings. The molecule has 244 valence electrons. The van der Waals surface area contributed by atoms with E-state index in [0.29, 0.717) is 11.0 Å². The first-order chi connectivity index (χ1) is 22.9. The minimum Gasteiger partial charge on any atom is -0.382 e. The third kappa shape index (κ3) is 9.84. The quantitative estimate of drug-likeness (QED) is 0.174. The van der Waals surface area contributed by atoms with Crippen molar-refractivity contribution in [2.24, 2.45) is 0 Å². The van der Waals surface area contributed by atoms with E-state index in [1.165, 1.54) is 63.0 Å². The zero-order valence-electron chi connectivity index (χ0n) is 26.2. The molecule has 2 saturated heterocycles. The van der Waals surface area contributed by atoms with Crippen molar-refractivity contribution in [2.75, 3.05) is 31.9 Å². The van der Waals surface area contributed by atoms with Gasteiger partial charge < -0.3 is 14.5 Å². The number of nitrogens with zero attached hydrogens (tertiary/aromatic N) is 8. The Labute approximate surface area is 297 Å². The zero-order chi connectivity index (χ0) is 32.6. The highest BCUT2D eigenvalue weighted by Crippen LogP contribution is 2.18. The summed E-state index contributed by atoms with van der Waals surface area (Å²) in [7, 11) is 0. The Morgan fingerprint density at radius 2 is 1.19 bits per heavy atom. The average Bonchev–Trinajstić information content (AvgIpc) is 3.86. The summed E-state index contributed by atoms with van der Waals surface area (Å²) < 4.78 is 5.99. The molecule has 0 aromatic carbocycles. The number of nitrogen functional groups attached to an aromatic ring is 1. The van der Waals surface area contributed by atoms with Crippen LogP contribution in [-0.4, -0.2) is 64.7 Å². The second kappa shape index (κ2) is 16.2. The van der Waals surface area contributed by atoms with Crippen LogP contribution in [0.5, 0.6) is 0 Å². The minimum absolute atomic E-state index is 0.545. The molecule has 0 atom stereocenters. The molecule has 2 aliphatic heterocycles. The second-order valence-corrected chi connectivity index (χ2v) is 14.1. The molecule has 2 fully saturated rings. The Balaban J connectivity index is 0.000000136. The smallest absolute Gasteiger partial charge is 0.142 e. The molecule has 2 N–H and O–H groups in total. The highest BCUT2D eigenvalue weighted by atomic mass is 79.9. The Kier molecular flexibility index (Phi) is 11.5. The SMILES string of the molecule is Brc1ccc2nc(Cc3cc(CN4CCCC4)ccn3)cn2c1.Clc1cc(CN2CCCC2)ccn1.Nc1cn2cc(Br)ccc2n1. The molecule has 0 radical (unpaired) electrons. The van der Waals surface area contributed by atoms with E-state index in [1.807, 2.05) is 63.8 Å². The van der Waals surface area contributed by atoms with Crippen molar-refractivity contribution in [3.05, 3.63) is 122 Å². The van der Waals surface area contributed by atoms with E-state index in [9.17, 15) is 0 Å². The van der Waals surface area contributed by atoms with Crippen molar-refractivity contribution < 1.29 is 0 Å². The molecule has 9 nitrogen and oxygen atoms in total. The number of hydrogen-bond donors (Lipinski definition) is 1. The molecule has 0 saturated carbocycles. The minimum atomic E-state index is 0.545. The van der Waals surface area contributed by atoms with E-state index in [1.54, 1.807) is 12.4 Å². The fourth-order valence-corrected chi connectivity index (χ4v) is 6.84. The van der Waals surface area contributed by atoms with Gasteiger partial charge in [-0.05, 0) is 143 Å². The predicted octanol–water partition coefficient (Wildman–Crippen LogP) is 7.69. The number of likely N-dealkylation sites (tertiary alicyclic amines) is 2. The lowest BCUT2D eigenvalue weighted by atomic mass is 10.1. The maximum atomic E-state index is 5.80. The van der Waals surface area contributed by atoms with Crippen LogP contribution in [0.15, 0.2) is 94.7 Å². The normalized spacial score (nSPS) is 15.0. The second-order valence-electron chi connectivity index (χ2n) is 11.9. The summed E-state index contributed by atoms with van der Waals surface area (Å²) in [6, 6.07) is 16.2. The zero-order valence-corrected chi connectivity index (χ0v) is 30.1. The van der Waals surface area contributed by atoms with Crippen molar-refractivity contribution in [2.45, 2.75) is 45.2 Å². The van der Waals surface area contributed by atoms with Crippen LogP contribution in [-0.2, 0) is 19.5 Å². The maximum absolute atomic E-state index is 5.80. The molecule has 0 aliphatic carbocycles. The number of hydrogen-bond acceptors (Lipinski definition) is 7. The van der Waals surface area contributed by atoms with E-state index >= 15 is 0 Å². The fraction of sp³-hybridized carbons (Fsp3) is 0.314. The monoisotopic (exact) mass is 777 g/mol. The third-order valence-corrected chi connectivity index (χ3v) is 9.29. The van der Waals surface area contributed by atoms with Crippen molar-refractivity contribution in [1.82, 2.24) is 38.5 Å². The number of pyridine rings is 4. The number of imidazole rings is 2. The predicted molar refractivity (Wildman–Crippen MR) is 196 cm³/mol. The van der Waals surface area contributed by atoms with Crippen LogP contribution in [0, 0.1) is 0 Å². The van der Waals surface area contributed by atoms with E-state index in [0.717, 1.165) is 51.1 Å². The molecule has 8 heterocycles. The first kappa shape index (κ1) is 33.5. The van der Waals surface area contributed by atoms with E-state index < -0.39 is 0 Å².